The molecule has 0 aliphatic carbocycles. The fraction of sp³-hybridized carbons (Fsp3) is 0.304. The van der Waals surface area contributed by atoms with Crippen LogP contribution in [0.25, 0.3) is 5.57 Å². The molecule has 2 heteroatoms. The summed E-state index contributed by atoms with van der Waals surface area (Å²) in [6, 6.07) is 21.3. The molecular weight excluding hydrogens is 306 g/mol. The number of aliphatic hydroxyl groups excluding tert-OH is 1. The fourth-order valence-electron chi connectivity index (χ4n) is 3.71. The molecule has 0 bridgehead atoms. The number of allylic oxidation sites excluding steroid dienone is 1. The van der Waals surface area contributed by atoms with Gasteiger partial charge in [-0.15, -0.1) is 0 Å². The molecule has 0 saturated heterocycles. The van der Waals surface area contributed by atoms with Gasteiger partial charge < -0.3 is 10.0 Å². The van der Waals surface area contributed by atoms with E-state index in [9.17, 15) is 5.11 Å². The molecule has 0 fully saturated rings. The molecule has 2 nitrogen and oxygen atoms in total. The van der Waals surface area contributed by atoms with Gasteiger partial charge in [-0.1, -0.05) is 62.4 Å². The van der Waals surface area contributed by atoms with Crippen LogP contribution in [0.4, 0.5) is 5.69 Å². The van der Waals surface area contributed by atoms with Gasteiger partial charge in [0, 0.05) is 12.3 Å². The van der Waals surface area contributed by atoms with Gasteiger partial charge >= 0.3 is 0 Å². The molecule has 1 aliphatic rings. The normalized spacial score (nSPS) is 17.6. The van der Waals surface area contributed by atoms with Crippen LogP contribution in [0.5, 0.6) is 0 Å². The highest BCUT2D eigenvalue weighted by Crippen LogP contribution is 2.39. The molecule has 0 spiro atoms. The van der Waals surface area contributed by atoms with Gasteiger partial charge in [0.1, 0.15) is 0 Å². The number of hydrogen-bond donors (Lipinski definition) is 1. The summed E-state index contributed by atoms with van der Waals surface area (Å²) in [6.45, 7) is 4.57. The van der Waals surface area contributed by atoms with Crippen molar-refractivity contribution in [1.29, 1.82) is 0 Å². The van der Waals surface area contributed by atoms with Crippen molar-refractivity contribution >= 4 is 11.3 Å². The molecule has 1 unspecified atom stereocenters. The SMILES string of the molecule is CCC1=C(c2ccccc2)C(CC)N(c2ccccc2)[C]=C1CCO. The largest absolute Gasteiger partial charge is 0.396 e. The summed E-state index contributed by atoms with van der Waals surface area (Å²) in [5, 5.41) is 9.57. The lowest BCUT2D eigenvalue weighted by atomic mass is 9.83. The number of benzene rings is 2. The van der Waals surface area contributed by atoms with E-state index in [1.54, 1.807) is 0 Å². The molecule has 2 aromatic rings. The summed E-state index contributed by atoms with van der Waals surface area (Å²) in [6.07, 6.45) is 6.19. The van der Waals surface area contributed by atoms with Crippen molar-refractivity contribution in [2.75, 3.05) is 11.5 Å². The molecular formula is C23H26NO. The maximum atomic E-state index is 9.57. The highest BCUT2D eigenvalue weighted by atomic mass is 16.2. The zero-order valence-corrected chi connectivity index (χ0v) is 15.1. The molecule has 25 heavy (non-hydrogen) atoms. The van der Waals surface area contributed by atoms with E-state index in [1.807, 2.05) is 6.07 Å². The predicted molar refractivity (Wildman–Crippen MR) is 105 cm³/mol. The Labute approximate surface area is 151 Å². The highest BCUT2D eigenvalue weighted by Gasteiger charge is 2.29. The van der Waals surface area contributed by atoms with Gasteiger partial charge in [-0.3, -0.25) is 0 Å². The molecule has 0 saturated carbocycles. The van der Waals surface area contributed by atoms with Crippen molar-refractivity contribution in [2.24, 2.45) is 0 Å². The minimum atomic E-state index is 0.146. The molecule has 1 N–H and O–H groups in total. The maximum Gasteiger partial charge on any atom is 0.0697 e. The summed E-state index contributed by atoms with van der Waals surface area (Å²) in [4.78, 5) is 2.26. The Morgan fingerprint density at radius 1 is 0.960 bits per heavy atom. The van der Waals surface area contributed by atoms with E-state index < -0.39 is 0 Å². The van der Waals surface area contributed by atoms with Crippen molar-refractivity contribution in [3.63, 3.8) is 0 Å². The Balaban J connectivity index is 2.17. The third-order valence-electron chi connectivity index (χ3n) is 4.81. The van der Waals surface area contributed by atoms with Gasteiger partial charge in [-0.05, 0) is 53.7 Å². The lowest BCUT2D eigenvalue weighted by Crippen LogP contribution is -2.36. The van der Waals surface area contributed by atoms with E-state index in [0.717, 1.165) is 24.1 Å². The maximum absolute atomic E-state index is 9.57. The number of hydrogen-bond acceptors (Lipinski definition) is 2. The third kappa shape index (κ3) is 3.54. The standard InChI is InChI=1S/C23H26NO/c1-3-21-19(15-16-25)17-24(20-13-9-6-10-14-20)22(4-2)23(21)18-11-7-5-8-12-18/h5-14,22,25H,3-4,15-16H2,1-2H3. The van der Waals surface area contributed by atoms with Gasteiger partial charge in [0.15, 0.2) is 0 Å². The molecule has 1 aliphatic heterocycles. The van der Waals surface area contributed by atoms with Crippen LogP contribution in [0.2, 0.25) is 0 Å². The summed E-state index contributed by atoms with van der Waals surface area (Å²) in [5.74, 6) is 0. The van der Waals surface area contributed by atoms with Crippen LogP contribution in [0.3, 0.4) is 0 Å². The van der Waals surface area contributed by atoms with E-state index in [-0.39, 0.29) is 12.6 Å². The van der Waals surface area contributed by atoms with Crippen molar-refractivity contribution < 1.29 is 5.11 Å². The summed E-state index contributed by atoms with van der Waals surface area (Å²) in [7, 11) is 0. The van der Waals surface area contributed by atoms with Gasteiger partial charge in [0.25, 0.3) is 0 Å². The Bertz CT molecular complexity index is 746. The fourth-order valence-corrected chi connectivity index (χ4v) is 3.71. The molecule has 1 atom stereocenters. The summed E-state index contributed by atoms with van der Waals surface area (Å²) >= 11 is 0. The number of rotatable bonds is 6. The Morgan fingerprint density at radius 3 is 2.16 bits per heavy atom. The minimum absolute atomic E-state index is 0.146. The minimum Gasteiger partial charge on any atom is -0.396 e. The second-order valence-corrected chi connectivity index (χ2v) is 6.31. The first kappa shape index (κ1) is 17.5. The van der Waals surface area contributed by atoms with E-state index in [1.165, 1.54) is 16.7 Å². The second kappa shape index (κ2) is 8.17. The van der Waals surface area contributed by atoms with Crippen LogP contribution in [0.1, 0.15) is 38.7 Å². The third-order valence-corrected chi connectivity index (χ3v) is 4.81. The molecule has 0 aromatic heterocycles. The summed E-state index contributed by atoms with van der Waals surface area (Å²) in [5.41, 5.74) is 6.24. The van der Waals surface area contributed by atoms with Crippen molar-refractivity contribution in [3.8, 4) is 0 Å². The van der Waals surface area contributed by atoms with Crippen LogP contribution in [0.15, 0.2) is 71.8 Å². The van der Waals surface area contributed by atoms with Crippen molar-refractivity contribution in [2.45, 2.75) is 39.2 Å². The number of anilines is 1. The number of nitrogens with zero attached hydrogens (tertiary/aromatic N) is 1. The first-order valence-corrected chi connectivity index (χ1v) is 9.16. The number of aliphatic hydroxyl groups is 1. The van der Waals surface area contributed by atoms with Gasteiger partial charge in [-0.2, -0.15) is 0 Å². The molecule has 1 heterocycles. The van der Waals surface area contributed by atoms with E-state index in [4.69, 9.17) is 0 Å². The average molecular weight is 332 g/mol. The van der Waals surface area contributed by atoms with Crippen LogP contribution >= 0.6 is 0 Å². The Morgan fingerprint density at radius 2 is 1.60 bits per heavy atom. The van der Waals surface area contributed by atoms with Gasteiger partial charge in [0.2, 0.25) is 0 Å². The lowest BCUT2D eigenvalue weighted by Gasteiger charge is -2.38. The van der Waals surface area contributed by atoms with Gasteiger partial charge in [0.05, 0.1) is 12.2 Å². The lowest BCUT2D eigenvalue weighted by molar-refractivity contribution is 0.299. The van der Waals surface area contributed by atoms with Gasteiger partial charge in [-0.25, -0.2) is 0 Å². The van der Waals surface area contributed by atoms with Crippen LogP contribution in [-0.4, -0.2) is 17.8 Å². The Kier molecular flexibility index (Phi) is 5.72. The van der Waals surface area contributed by atoms with Crippen LogP contribution in [0, 0.1) is 6.20 Å². The molecule has 2 aromatic carbocycles. The van der Waals surface area contributed by atoms with Crippen molar-refractivity contribution in [3.05, 3.63) is 83.6 Å². The van der Waals surface area contributed by atoms with Crippen LogP contribution in [-0.2, 0) is 0 Å². The van der Waals surface area contributed by atoms with E-state index in [2.05, 4.69) is 79.5 Å². The first-order valence-electron chi connectivity index (χ1n) is 9.16. The second-order valence-electron chi connectivity index (χ2n) is 6.31. The molecule has 0 amide bonds. The highest BCUT2D eigenvalue weighted by molar-refractivity contribution is 5.81. The van der Waals surface area contributed by atoms with E-state index >= 15 is 0 Å². The smallest absolute Gasteiger partial charge is 0.0697 e. The topological polar surface area (TPSA) is 23.5 Å². The number of para-hydroxylation sites is 1. The Hall–Kier alpha value is -2.32. The average Bonchev–Trinajstić information content (AvgIpc) is 2.68. The molecule has 1 radical (unpaired) electrons. The van der Waals surface area contributed by atoms with E-state index in [0.29, 0.717) is 6.42 Å². The summed E-state index contributed by atoms with van der Waals surface area (Å²) < 4.78 is 0. The first-order chi connectivity index (χ1) is 12.3. The predicted octanol–water partition coefficient (Wildman–Crippen LogP) is 5.22. The quantitative estimate of drug-likeness (QED) is 0.784. The monoisotopic (exact) mass is 332 g/mol. The molecule has 3 rings (SSSR count). The zero-order valence-electron chi connectivity index (χ0n) is 15.1. The zero-order chi connectivity index (χ0) is 17.6. The van der Waals surface area contributed by atoms with Crippen molar-refractivity contribution in [1.82, 2.24) is 0 Å². The van der Waals surface area contributed by atoms with Crippen LogP contribution < -0.4 is 4.90 Å². The molecule has 129 valence electrons.